The second-order valence-electron chi connectivity index (χ2n) is 11.6. The highest BCUT2D eigenvalue weighted by atomic mass is 35.5. The van der Waals surface area contributed by atoms with E-state index in [1.807, 2.05) is 4.90 Å². The van der Waals surface area contributed by atoms with E-state index in [2.05, 4.69) is 10.0 Å². The number of fused-ring (bicyclic) bond motifs is 1. The lowest BCUT2D eigenvalue weighted by Crippen LogP contribution is -2.64. The van der Waals surface area contributed by atoms with Gasteiger partial charge in [-0.05, 0) is 86.3 Å². The first kappa shape index (κ1) is 30.9. The van der Waals surface area contributed by atoms with Crippen LogP contribution in [-0.2, 0) is 19.6 Å². The zero-order chi connectivity index (χ0) is 31.4. The summed E-state index contributed by atoms with van der Waals surface area (Å²) in [6, 6.07) is 16.7. The van der Waals surface area contributed by atoms with E-state index in [1.165, 1.54) is 31.3 Å². The Labute approximate surface area is 265 Å². The maximum Gasteiger partial charge on any atom is 0.260 e. The summed E-state index contributed by atoms with van der Waals surface area (Å²) in [5, 5.41) is 3.16. The molecular formula is C31H32Cl2FN5O4S. The van der Waals surface area contributed by atoms with Gasteiger partial charge in [-0.2, -0.15) is 0 Å². The summed E-state index contributed by atoms with van der Waals surface area (Å²) in [7, 11) is -2.36. The summed E-state index contributed by atoms with van der Waals surface area (Å²) >= 11 is 12.4. The lowest BCUT2D eigenvalue weighted by molar-refractivity contribution is -0.128. The average molecular weight is 661 g/mol. The number of hydrogen-bond donors (Lipinski definition) is 3. The number of hydrogen-bond acceptors (Lipinski definition) is 6. The van der Waals surface area contributed by atoms with Crippen LogP contribution < -0.4 is 20.7 Å². The minimum absolute atomic E-state index is 0.0556. The molecule has 2 heterocycles. The molecule has 2 amide bonds. The van der Waals surface area contributed by atoms with Crippen LogP contribution in [0, 0.1) is 17.7 Å². The fourth-order valence-electron chi connectivity index (χ4n) is 6.64. The second-order valence-corrected chi connectivity index (χ2v) is 14.3. The van der Waals surface area contributed by atoms with Gasteiger partial charge in [0.15, 0.2) is 5.66 Å². The van der Waals surface area contributed by atoms with Crippen LogP contribution in [0.3, 0.4) is 0 Å². The normalized spacial score (nSPS) is 25.6. The minimum atomic E-state index is -3.68. The van der Waals surface area contributed by atoms with Crippen LogP contribution in [0.1, 0.15) is 30.7 Å². The van der Waals surface area contributed by atoms with Crippen molar-refractivity contribution in [3.63, 3.8) is 0 Å². The monoisotopic (exact) mass is 659 g/mol. The Balaban J connectivity index is 1.45. The quantitative estimate of drug-likeness (QED) is 0.326. The SMILES string of the molecule is CNS(=O)(=O)c1ccc(N2CCC3[C@@H](C2=O)[C@H](c2cccc(Cl)c2F)[C@](N)(C(=O)Nc2cccc(Cl)c2)N3CC2CC2)cc1. The van der Waals surface area contributed by atoms with Crippen LogP contribution in [0.5, 0.6) is 0 Å². The van der Waals surface area contributed by atoms with Crippen molar-refractivity contribution >= 4 is 56.4 Å². The van der Waals surface area contributed by atoms with Gasteiger partial charge in [0.2, 0.25) is 15.9 Å². The molecule has 0 spiro atoms. The van der Waals surface area contributed by atoms with Gasteiger partial charge in [-0.25, -0.2) is 17.5 Å². The Hall–Kier alpha value is -3.06. The third-order valence-corrected chi connectivity index (χ3v) is 10.9. The fourth-order valence-corrected chi connectivity index (χ4v) is 7.74. The Bertz CT molecular complexity index is 1720. The second kappa shape index (κ2) is 11.7. The topological polar surface area (TPSA) is 125 Å². The van der Waals surface area contributed by atoms with Crippen LogP contribution in [0.25, 0.3) is 0 Å². The molecule has 0 aromatic heterocycles. The van der Waals surface area contributed by atoms with Gasteiger partial charge in [0.05, 0.1) is 15.8 Å². The molecule has 1 unspecified atom stereocenters. The molecular weight excluding hydrogens is 628 g/mol. The molecule has 4 atom stereocenters. The van der Waals surface area contributed by atoms with Crippen molar-refractivity contribution in [3.8, 4) is 0 Å². The molecule has 6 rings (SSSR count). The third kappa shape index (κ3) is 5.39. The number of nitrogens with one attached hydrogen (secondary N) is 2. The highest BCUT2D eigenvalue weighted by Crippen LogP contribution is 2.53. The summed E-state index contributed by atoms with van der Waals surface area (Å²) in [6.07, 6.45) is 2.40. The summed E-state index contributed by atoms with van der Waals surface area (Å²) in [6.45, 7) is 0.777. The molecule has 44 heavy (non-hydrogen) atoms. The molecule has 3 aliphatic rings. The maximum absolute atomic E-state index is 15.9. The van der Waals surface area contributed by atoms with E-state index in [-0.39, 0.29) is 21.4 Å². The minimum Gasteiger partial charge on any atom is -0.323 e. The van der Waals surface area contributed by atoms with Crippen molar-refractivity contribution in [2.24, 2.45) is 17.6 Å². The van der Waals surface area contributed by atoms with Crippen molar-refractivity contribution in [2.45, 2.75) is 41.8 Å². The van der Waals surface area contributed by atoms with Crippen molar-refractivity contribution in [2.75, 3.05) is 30.4 Å². The van der Waals surface area contributed by atoms with Gasteiger partial charge in [0.1, 0.15) is 5.82 Å². The number of sulfonamides is 1. The van der Waals surface area contributed by atoms with Crippen molar-refractivity contribution in [1.82, 2.24) is 9.62 Å². The van der Waals surface area contributed by atoms with E-state index in [0.29, 0.717) is 41.8 Å². The molecule has 3 fully saturated rings. The number of amides is 2. The molecule has 0 bridgehead atoms. The van der Waals surface area contributed by atoms with E-state index in [0.717, 1.165) is 12.8 Å². The van der Waals surface area contributed by atoms with Gasteiger partial charge in [-0.1, -0.05) is 41.4 Å². The Morgan fingerprint density at radius 3 is 2.43 bits per heavy atom. The maximum atomic E-state index is 15.9. The number of carbonyl (C=O) groups is 2. The molecule has 2 saturated heterocycles. The van der Waals surface area contributed by atoms with Crippen LogP contribution in [-0.4, -0.2) is 57.0 Å². The Morgan fingerprint density at radius 1 is 1.07 bits per heavy atom. The van der Waals surface area contributed by atoms with Gasteiger partial charge < -0.3 is 16.0 Å². The summed E-state index contributed by atoms with van der Waals surface area (Å²) in [4.78, 5) is 32.3. The molecule has 2 aliphatic heterocycles. The first-order valence-electron chi connectivity index (χ1n) is 14.4. The van der Waals surface area contributed by atoms with E-state index in [9.17, 15) is 18.0 Å². The molecule has 3 aromatic rings. The van der Waals surface area contributed by atoms with Gasteiger partial charge in [-0.15, -0.1) is 0 Å². The van der Waals surface area contributed by atoms with E-state index < -0.39 is 45.3 Å². The predicted octanol–water partition coefficient (Wildman–Crippen LogP) is 4.57. The number of nitrogens with two attached hydrogens (primary N) is 1. The molecule has 4 N–H and O–H groups in total. The highest BCUT2D eigenvalue weighted by molar-refractivity contribution is 7.89. The Kier molecular flexibility index (Phi) is 8.23. The van der Waals surface area contributed by atoms with Crippen molar-refractivity contribution < 1.29 is 22.4 Å². The first-order valence-corrected chi connectivity index (χ1v) is 16.6. The number of carbonyl (C=O) groups excluding carboxylic acids is 2. The van der Waals surface area contributed by atoms with Gasteiger partial charge in [0.25, 0.3) is 5.91 Å². The first-order chi connectivity index (χ1) is 21.0. The third-order valence-electron chi connectivity index (χ3n) is 8.97. The van der Waals surface area contributed by atoms with Crippen LogP contribution >= 0.6 is 23.2 Å². The van der Waals surface area contributed by atoms with Crippen molar-refractivity contribution in [1.29, 1.82) is 0 Å². The zero-order valence-electron chi connectivity index (χ0n) is 23.8. The average Bonchev–Trinajstić information content (AvgIpc) is 3.79. The van der Waals surface area contributed by atoms with Crippen LogP contribution in [0.4, 0.5) is 15.8 Å². The number of likely N-dealkylation sites (tertiary alicyclic amines) is 1. The number of rotatable bonds is 8. The van der Waals surface area contributed by atoms with E-state index >= 15 is 4.39 Å². The zero-order valence-corrected chi connectivity index (χ0v) is 26.2. The summed E-state index contributed by atoms with van der Waals surface area (Å²) < 4.78 is 42.7. The molecule has 0 radical (unpaired) electrons. The van der Waals surface area contributed by atoms with E-state index in [1.54, 1.807) is 47.4 Å². The predicted molar refractivity (Wildman–Crippen MR) is 168 cm³/mol. The number of nitrogens with zero attached hydrogens (tertiary/aromatic N) is 2. The molecule has 1 aliphatic carbocycles. The molecule has 13 heteroatoms. The standard InChI is InChI=1S/C31H32Cl2FN5O4S/c1-36-44(42,43)22-12-10-21(11-13-22)38-15-14-25-26(29(38)40)27(23-6-3-7-24(33)28(23)34)31(35,39(25)17-18-8-9-18)30(41)37-20-5-2-4-19(32)16-20/h2-7,10-13,16,18,25-27,36H,8-9,14-15,17,35H2,1H3,(H,37,41)/t25?,26-,27+,31-/m1/s1. The molecule has 232 valence electrons. The number of piperidine rings is 1. The number of benzene rings is 3. The molecule has 1 saturated carbocycles. The van der Waals surface area contributed by atoms with Gasteiger partial charge >= 0.3 is 0 Å². The molecule has 9 nitrogen and oxygen atoms in total. The lowest BCUT2D eigenvalue weighted by atomic mass is 9.75. The van der Waals surface area contributed by atoms with Crippen molar-refractivity contribution in [3.05, 3.63) is 88.2 Å². The van der Waals surface area contributed by atoms with Gasteiger partial charge in [-0.3, -0.25) is 14.5 Å². The summed E-state index contributed by atoms with van der Waals surface area (Å²) in [5.74, 6) is -3.34. The summed E-state index contributed by atoms with van der Waals surface area (Å²) in [5.41, 5.74) is 6.39. The Morgan fingerprint density at radius 2 is 1.77 bits per heavy atom. The van der Waals surface area contributed by atoms with Crippen LogP contribution in [0.2, 0.25) is 10.0 Å². The smallest absolute Gasteiger partial charge is 0.260 e. The fraction of sp³-hybridized carbons (Fsp3) is 0.355. The highest BCUT2D eigenvalue weighted by Gasteiger charge is 2.65. The van der Waals surface area contributed by atoms with Crippen LogP contribution in [0.15, 0.2) is 71.6 Å². The largest absolute Gasteiger partial charge is 0.323 e. The number of halogens is 3. The lowest BCUT2D eigenvalue weighted by Gasteiger charge is -2.40. The van der Waals surface area contributed by atoms with Gasteiger partial charge in [0, 0.05) is 41.4 Å². The number of anilines is 2. The molecule has 3 aromatic carbocycles. The van der Waals surface area contributed by atoms with E-state index in [4.69, 9.17) is 28.9 Å².